The predicted molar refractivity (Wildman–Crippen MR) is 118 cm³/mol. The summed E-state index contributed by atoms with van der Waals surface area (Å²) in [7, 11) is 0. The summed E-state index contributed by atoms with van der Waals surface area (Å²) in [5.74, 6) is 0.574. The maximum absolute atomic E-state index is 11.9. The van der Waals surface area contributed by atoms with Crippen LogP contribution in [0.4, 0.5) is 0 Å². The Morgan fingerprint density at radius 2 is 1.81 bits per heavy atom. The van der Waals surface area contributed by atoms with E-state index in [1.54, 1.807) is 6.07 Å². The molecule has 0 aliphatic carbocycles. The Kier molecular flexibility index (Phi) is 11.7. The van der Waals surface area contributed by atoms with Gasteiger partial charge in [0.05, 0.1) is 6.26 Å². The van der Waals surface area contributed by atoms with Crippen LogP contribution in [0.15, 0.2) is 21.7 Å². The maximum atomic E-state index is 11.9. The van der Waals surface area contributed by atoms with Crippen LogP contribution in [0, 0.1) is 6.92 Å². The number of hydrogen-bond donors (Lipinski definition) is 4. The summed E-state index contributed by atoms with van der Waals surface area (Å²) in [5.41, 5.74) is 0.541. The van der Waals surface area contributed by atoms with E-state index in [4.69, 9.17) is 4.42 Å². The first-order chi connectivity index (χ1) is 12.2. The van der Waals surface area contributed by atoms with Crippen LogP contribution in [0.25, 0.3) is 0 Å². The van der Waals surface area contributed by atoms with E-state index in [2.05, 4.69) is 26.3 Å². The summed E-state index contributed by atoms with van der Waals surface area (Å²) >= 11 is 0. The third-order valence-electron chi connectivity index (χ3n) is 3.24. The van der Waals surface area contributed by atoms with Crippen LogP contribution in [0.5, 0.6) is 0 Å². The number of furan rings is 1. The summed E-state index contributed by atoms with van der Waals surface area (Å²) in [5, 5.41) is 11.9. The average Bonchev–Trinajstić information content (AvgIpc) is 2.96. The fourth-order valence-corrected chi connectivity index (χ4v) is 2.13. The van der Waals surface area contributed by atoms with Crippen molar-refractivity contribution in [3.8, 4) is 0 Å². The second-order valence-corrected chi connectivity index (χ2v) is 6.96. The van der Waals surface area contributed by atoms with Gasteiger partial charge in [0, 0.05) is 30.7 Å². The first-order valence-corrected chi connectivity index (χ1v) is 8.88. The van der Waals surface area contributed by atoms with Crippen LogP contribution in [0.1, 0.15) is 50.2 Å². The number of hydrogen-bond acceptors (Lipinski definition) is 4. The van der Waals surface area contributed by atoms with Crippen LogP contribution < -0.4 is 21.3 Å². The van der Waals surface area contributed by atoms with E-state index < -0.39 is 0 Å². The number of halogens is 1. The van der Waals surface area contributed by atoms with E-state index in [-0.39, 0.29) is 47.9 Å². The number of nitrogens with zero attached hydrogens (tertiary/aromatic N) is 1. The van der Waals surface area contributed by atoms with Crippen molar-refractivity contribution in [2.24, 2.45) is 4.99 Å². The molecule has 1 rings (SSSR count). The molecule has 154 valence electrons. The molecule has 0 bridgehead atoms. The Bertz CT molecular complexity index is 623. The van der Waals surface area contributed by atoms with Crippen molar-refractivity contribution in [3.05, 3.63) is 23.7 Å². The van der Waals surface area contributed by atoms with Crippen molar-refractivity contribution in [3.63, 3.8) is 0 Å². The van der Waals surface area contributed by atoms with Gasteiger partial charge in [0.1, 0.15) is 6.54 Å². The number of aryl methyl sites for hydroxylation is 1. The zero-order chi connectivity index (χ0) is 19.6. The van der Waals surface area contributed by atoms with Crippen molar-refractivity contribution < 1.29 is 14.0 Å². The number of rotatable bonds is 8. The van der Waals surface area contributed by atoms with Crippen LogP contribution in [0.2, 0.25) is 0 Å². The minimum Gasteiger partial charge on any atom is -0.459 e. The molecule has 9 heteroatoms. The lowest BCUT2D eigenvalue weighted by Crippen LogP contribution is -2.43. The molecule has 0 spiro atoms. The van der Waals surface area contributed by atoms with Crippen molar-refractivity contribution in [2.75, 3.05) is 26.2 Å². The van der Waals surface area contributed by atoms with E-state index in [1.807, 2.05) is 34.6 Å². The molecule has 0 aliphatic heterocycles. The van der Waals surface area contributed by atoms with Crippen molar-refractivity contribution in [1.82, 2.24) is 21.3 Å². The minimum atomic E-state index is -0.275. The summed E-state index contributed by atoms with van der Waals surface area (Å²) in [4.78, 5) is 28.0. The molecule has 1 heterocycles. The fraction of sp³-hybridized carbons (Fsp3) is 0.611. The average molecular weight is 493 g/mol. The molecule has 0 saturated carbocycles. The molecular formula is C18H32IN5O3. The molecule has 0 fully saturated rings. The summed E-state index contributed by atoms with van der Waals surface area (Å²) in [6.07, 6.45) is 2.21. The smallest absolute Gasteiger partial charge is 0.287 e. The first-order valence-electron chi connectivity index (χ1n) is 8.88. The van der Waals surface area contributed by atoms with Crippen LogP contribution in [-0.2, 0) is 4.79 Å². The molecule has 27 heavy (non-hydrogen) atoms. The van der Waals surface area contributed by atoms with Gasteiger partial charge in [-0.3, -0.25) is 9.59 Å². The molecule has 0 aliphatic rings. The van der Waals surface area contributed by atoms with Crippen LogP contribution in [0.3, 0.4) is 0 Å². The lowest BCUT2D eigenvalue weighted by atomic mass is 10.1. The minimum absolute atomic E-state index is 0. The molecule has 0 radical (unpaired) electrons. The highest BCUT2D eigenvalue weighted by Crippen LogP contribution is 2.07. The van der Waals surface area contributed by atoms with E-state index >= 15 is 0 Å². The molecule has 0 unspecified atom stereocenters. The quantitative estimate of drug-likeness (QED) is 0.191. The summed E-state index contributed by atoms with van der Waals surface area (Å²) in [6, 6.07) is 1.76. The molecule has 0 aromatic carbocycles. The van der Waals surface area contributed by atoms with E-state index in [0.717, 1.165) is 5.56 Å². The van der Waals surface area contributed by atoms with Crippen LogP contribution >= 0.6 is 24.0 Å². The Balaban J connectivity index is 0.00000676. The highest BCUT2D eigenvalue weighted by atomic mass is 127. The normalized spacial score (nSPS) is 11.4. The SMILES string of the molecule is CCNC(=NCC(=O)NC(C)(C)C)NCCCNC(=O)c1occc1C.I. The van der Waals surface area contributed by atoms with Gasteiger partial charge in [-0.15, -0.1) is 24.0 Å². The first kappa shape index (κ1) is 25.2. The maximum Gasteiger partial charge on any atom is 0.287 e. The largest absolute Gasteiger partial charge is 0.459 e. The second-order valence-electron chi connectivity index (χ2n) is 6.96. The van der Waals surface area contributed by atoms with Gasteiger partial charge < -0.3 is 25.7 Å². The lowest BCUT2D eigenvalue weighted by molar-refractivity contribution is -0.121. The van der Waals surface area contributed by atoms with E-state index in [9.17, 15) is 9.59 Å². The highest BCUT2D eigenvalue weighted by Gasteiger charge is 2.13. The van der Waals surface area contributed by atoms with Gasteiger partial charge in [0.2, 0.25) is 5.91 Å². The zero-order valence-electron chi connectivity index (χ0n) is 16.8. The molecule has 4 N–H and O–H groups in total. The Hall–Kier alpha value is -1.78. The van der Waals surface area contributed by atoms with Crippen molar-refractivity contribution >= 4 is 41.8 Å². The molecule has 8 nitrogen and oxygen atoms in total. The van der Waals surface area contributed by atoms with Gasteiger partial charge in [-0.2, -0.15) is 0 Å². The van der Waals surface area contributed by atoms with Gasteiger partial charge in [-0.1, -0.05) is 0 Å². The Labute approximate surface area is 178 Å². The highest BCUT2D eigenvalue weighted by molar-refractivity contribution is 14.0. The third kappa shape index (κ3) is 10.8. The van der Waals surface area contributed by atoms with Crippen LogP contribution in [-0.4, -0.2) is 49.5 Å². The fourth-order valence-electron chi connectivity index (χ4n) is 2.13. The van der Waals surface area contributed by atoms with Gasteiger partial charge in [0.25, 0.3) is 5.91 Å². The summed E-state index contributed by atoms with van der Waals surface area (Å²) < 4.78 is 5.15. The molecular weight excluding hydrogens is 461 g/mol. The van der Waals surface area contributed by atoms with Crippen molar-refractivity contribution in [2.45, 2.75) is 46.6 Å². The molecule has 1 aromatic rings. The lowest BCUT2D eigenvalue weighted by Gasteiger charge is -2.20. The number of carbonyl (C=O) groups excluding carboxylic acids is 2. The van der Waals surface area contributed by atoms with Gasteiger partial charge in [-0.25, -0.2) is 4.99 Å². The third-order valence-corrected chi connectivity index (χ3v) is 3.24. The summed E-state index contributed by atoms with van der Waals surface area (Å²) in [6.45, 7) is 11.4. The molecule has 2 amide bonds. The molecule has 1 aromatic heterocycles. The predicted octanol–water partition coefficient (Wildman–Crippen LogP) is 1.80. The molecule has 0 saturated heterocycles. The number of aliphatic imine (C=N–C) groups is 1. The number of guanidine groups is 1. The zero-order valence-corrected chi connectivity index (χ0v) is 19.1. The number of nitrogens with one attached hydrogen (secondary N) is 4. The standard InChI is InChI=1S/C18H31N5O3.HI/c1-6-19-17(22-12-14(24)23-18(3,4)5)21-10-7-9-20-16(25)15-13(2)8-11-26-15;/h8,11H,6-7,9-10,12H2,1-5H3,(H,20,25)(H,23,24)(H2,19,21,22);1H. The van der Waals surface area contributed by atoms with Crippen molar-refractivity contribution in [1.29, 1.82) is 0 Å². The second kappa shape index (κ2) is 12.6. The number of amides is 2. The topological polar surface area (TPSA) is 108 Å². The van der Waals surface area contributed by atoms with Gasteiger partial charge in [-0.05, 0) is 47.1 Å². The molecule has 0 atom stereocenters. The number of carbonyl (C=O) groups is 2. The Morgan fingerprint density at radius 3 is 2.37 bits per heavy atom. The van der Waals surface area contributed by atoms with Gasteiger partial charge in [0.15, 0.2) is 11.7 Å². The van der Waals surface area contributed by atoms with E-state index in [0.29, 0.717) is 37.8 Å². The van der Waals surface area contributed by atoms with E-state index in [1.165, 1.54) is 6.26 Å². The monoisotopic (exact) mass is 493 g/mol. The Morgan fingerprint density at radius 1 is 1.15 bits per heavy atom. The van der Waals surface area contributed by atoms with Gasteiger partial charge >= 0.3 is 0 Å².